The van der Waals surface area contributed by atoms with Crippen molar-refractivity contribution >= 4 is 27.7 Å². The summed E-state index contributed by atoms with van der Waals surface area (Å²) in [5.41, 5.74) is 1.71. The summed E-state index contributed by atoms with van der Waals surface area (Å²) in [4.78, 5) is 14.2. The first-order valence-electron chi connectivity index (χ1n) is 9.22. The molecule has 0 radical (unpaired) electrons. The van der Waals surface area contributed by atoms with Crippen LogP contribution >= 0.6 is 0 Å². The first-order valence-corrected chi connectivity index (χ1v) is 10.7. The van der Waals surface area contributed by atoms with Crippen molar-refractivity contribution < 1.29 is 13.2 Å². The predicted octanol–water partition coefficient (Wildman–Crippen LogP) is 2.12. The molecule has 0 atom stereocenters. The number of nitrogens with one attached hydrogen (secondary N) is 1. The van der Waals surface area contributed by atoms with Gasteiger partial charge in [-0.1, -0.05) is 42.5 Å². The molecule has 7 nitrogen and oxygen atoms in total. The second-order valence-electron chi connectivity index (χ2n) is 6.64. The van der Waals surface area contributed by atoms with Gasteiger partial charge in [0.2, 0.25) is 15.9 Å². The lowest BCUT2D eigenvalue weighted by Gasteiger charge is -2.32. The van der Waals surface area contributed by atoms with Gasteiger partial charge in [0, 0.05) is 31.6 Å². The van der Waals surface area contributed by atoms with Crippen molar-refractivity contribution in [3.05, 3.63) is 71.1 Å². The highest BCUT2D eigenvalue weighted by Crippen LogP contribution is 2.14. The largest absolute Gasteiger partial charge is 0.324 e. The van der Waals surface area contributed by atoms with E-state index in [9.17, 15) is 13.2 Å². The van der Waals surface area contributed by atoms with Gasteiger partial charge in [-0.25, -0.2) is 8.42 Å². The molecule has 8 heteroatoms. The summed E-state index contributed by atoms with van der Waals surface area (Å²) in [5, 5.41) is 13.1. The van der Waals surface area contributed by atoms with Gasteiger partial charge >= 0.3 is 0 Å². The zero-order chi connectivity index (χ0) is 20.7. The second-order valence-corrected chi connectivity index (χ2v) is 8.46. The number of sulfonamides is 1. The van der Waals surface area contributed by atoms with Gasteiger partial charge in [0.1, 0.15) is 6.07 Å². The molecule has 2 aromatic rings. The number of anilines is 1. The maximum absolute atomic E-state index is 12.5. The maximum atomic E-state index is 12.5. The number of rotatable bonds is 6. The molecular formula is C21H22N4O3S. The van der Waals surface area contributed by atoms with Crippen LogP contribution in [-0.2, 0) is 14.8 Å². The number of carbonyl (C=O) groups is 1. The van der Waals surface area contributed by atoms with Crippen molar-refractivity contribution in [2.75, 3.05) is 38.0 Å². The fourth-order valence-corrected chi connectivity index (χ4v) is 4.21. The quantitative estimate of drug-likeness (QED) is 0.787. The van der Waals surface area contributed by atoms with E-state index in [0.717, 1.165) is 5.56 Å². The SMILES string of the molecule is N#Cc1ccccc1NC(=O)CN1CCN(S(=O)(=O)C=Cc2ccccc2)CC1. The average molecular weight is 410 g/mol. The molecule has 0 aliphatic carbocycles. The molecular weight excluding hydrogens is 388 g/mol. The van der Waals surface area contributed by atoms with Crippen LogP contribution in [0.15, 0.2) is 60.0 Å². The maximum Gasteiger partial charge on any atom is 0.238 e. The monoisotopic (exact) mass is 410 g/mol. The van der Waals surface area contributed by atoms with Crippen molar-refractivity contribution in [3.8, 4) is 6.07 Å². The molecule has 29 heavy (non-hydrogen) atoms. The molecule has 3 rings (SSSR count). The van der Waals surface area contributed by atoms with Gasteiger partial charge in [-0.3, -0.25) is 9.69 Å². The van der Waals surface area contributed by atoms with Crippen LogP contribution in [0, 0.1) is 11.3 Å². The number of amides is 1. The minimum absolute atomic E-state index is 0.146. The van der Waals surface area contributed by atoms with Crippen molar-refractivity contribution in [3.63, 3.8) is 0 Å². The van der Waals surface area contributed by atoms with Crippen LogP contribution in [0.2, 0.25) is 0 Å². The molecule has 1 heterocycles. The van der Waals surface area contributed by atoms with Gasteiger partial charge in [0.25, 0.3) is 0 Å². The molecule has 0 aromatic heterocycles. The number of nitriles is 1. The molecule has 0 bridgehead atoms. The van der Waals surface area contributed by atoms with Crippen LogP contribution in [0.5, 0.6) is 0 Å². The Morgan fingerprint density at radius 3 is 2.38 bits per heavy atom. The van der Waals surface area contributed by atoms with E-state index in [1.165, 1.54) is 9.71 Å². The Bertz CT molecular complexity index is 1020. The summed E-state index contributed by atoms with van der Waals surface area (Å²) in [6.45, 7) is 1.72. The smallest absolute Gasteiger partial charge is 0.238 e. The van der Waals surface area contributed by atoms with Gasteiger partial charge in [-0.2, -0.15) is 9.57 Å². The Morgan fingerprint density at radius 1 is 1.03 bits per heavy atom. The highest BCUT2D eigenvalue weighted by atomic mass is 32.2. The normalized spacial score (nSPS) is 15.8. The highest BCUT2D eigenvalue weighted by Gasteiger charge is 2.26. The molecule has 2 aromatic carbocycles. The minimum atomic E-state index is -3.50. The van der Waals surface area contributed by atoms with E-state index < -0.39 is 10.0 Å². The van der Waals surface area contributed by atoms with Crippen LogP contribution < -0.4 is 5.32 Å². The first-order chi connectivity index (χ1) is 14.0. The summed E-state index contributed by atoms with van der Waals surface area (Å²) in [5.74, 6) is -0.229. The van der Waals surface area contributed by atoms with Crippen molar-refractivity contribution in [1.29, 1.82) is 5.26 Å². The van der Waals surface area contributed by atoms with E-state index in [1.54, 1.807) is 30.3 Å². The molecule has 1 N–H and O–H groups in total. The lowest BCUT2D eigenvalue weighted by Crippen LogP contribution is -2.49. The summed E-state index contributed by atoms with van der Waals surface area (Å²) < 4.78 is 26.4. The Morgan fingerprint density at radius 2 is 1.69 bits per heavy atom. The summed E-state index contributed by atoms with van der Waals surface area (Å²) in [7, 11) is -3.50. The topological polar surface area (TPSA) is 93.5 Å². The molecule has 1 aliphatic heterocycles. The summed E-state index contributed by atoms with van der Waals surface area (Å²) in [6.07, 6.45) is 1.59. The number of hydrogen-bond acceptors (Lipinski definition) is 5. The van der Waals surface area contributed by atoms with Crippen molar-refractivity contribution in [2.45, 2.75) is 0 Å². The summed E-state index contributed by atoms with van der Waals surface area (Å²) >= 11 is 0. The number of para-hydroxylation sites is 1. The first kappa shape index (κ1) is 20.7. The molecule has 0 spiro atoms. The average Bonchev–Trinajstić information content (AvgIpc) is 2.74. The van der Waals surface area contributed by atoms with E-state index in [-0.39, 0.29) is 12.5 Å². The number of carbonyl (C=O) groups excluding carboxylic acids is 1. The Hall–Kier alpha value is -2.99. The van der Waals surface area contributed by atoms with Crippen molar-refractivity contribution in [2.24, 2.45) is 0 Å². The van der Waals surface area contributed by atoms with Gasteiger partial charge in [0.15, 0.2) is 0 Å². The van der Waals surface area contributed by atoms with Gasteiger partial charge in [0.05, 0.1) is 17.8 Å². The standard InChI is InChI=1S/C21H22N4O3S/c22-16-19-8-4-5-9-20(19)23-21(26)17-24-11-13-25(14-12-24)29(27,28)15-10-18-6-2-1-3-7-18/h1-10,15H,11-14,17H2,(H,23,26). The number of nitrogens with zero attached hydrogens (tertiary/aromatic N) is 3. The van der Waals surface area contributed by atoms with E-state index in [1.807, 2.05) is 41.3 Å². The third-order valence-electron chi connectivity index (χ3n) is 4.61. The molecule has 0 saturated carbocycles. The molecule has 1 amide bonds. The lowest BCUT2D eigenvalue weighted by atomic mass is 10.2. The van der Waals surface area contributed by atoms with Crippen LogP contribution in [0.4, 0.5) is 5.69 Å². The summed E-state index contributed by atoms with van der Waals surface area (Å²) in [6, 6.07) is 18.1. The highest BCUT2D eigenvalue weighted by molar-refractivity contribution is 7.92. The molecule has 1 fully saturated rings. The predicted molar refractivity (Wildman–Crippen MR) is 112 cm³/mol. The Kier molecular flexibility index (Phi) is 6.77. The molecule has 1 saturated heterocycles. The third-order valence-corrected chi connectivity index (χ3v) is 6.18. The van der Waals surface area contributed by atoms with E-state index in [4.69, 9.17) is 5.26 Å². The van der Waals surface area contributed by atoms with Crippen molar-refractivity contribution in [1.82, 2.24) is 9.21 Å². The van der Waals surface area contributed by atoms with Crippen LogP contribution in [-0.4, -0.2) is 56.3 Å². The molecule has 0 unspecified atom stereocenters. The number of benzene rings is 2. The van der Waals surface area contributed by atoms with Crippen LogP contribution in [0.1, 0.15) is 11.1 Å². The minimum Gasteiger partial charge on any atom is -0.324 e. The van der Waals surface area contributed by atoms with Crippen LogP contribution in [0.25, 0.3) is 6.08 Å². The number of hydrogen-bond donors (Lipinski definition) is 1. The van der Waals surface area contributed by atoms with Gasteiger partial charge in [-0.05, 0) is 23.8 Å². The zero-order valence-corrected chi connectivity index (χ0v) is 16.7. The Balaban J connectivity index is 1.51. The fraction of sp³-hybridized carbons (Fsp3) is 0.238. The lowest BCUT2D eigenvalue weighted by molar-refractivity contribution is -0.117. The van der Waals surface area contributed by atoms with Gasteiger partial charge in [-0.15, -0.1) is 0 Å². The van der Waals surface area contributed by atoms with Gasteiger partial charge < -0.3 is 5.32 Å². The van der Waals surface area contributed by atoms with E-state index in [0.29, 0.717) is 37.4 Å². The third kappa shape index (κ3) is 5.74. The second kappa shape index (κ2) is 9.47. The van der Waals surface area contributed by atoms with E-state index in [2.05, 4.69) is 5.32 Å². The molecule has 150 valence electrons. The van der Waals surface area contributed by atoms with E-state index >= 15 is 0 Å². The molecule has 1 aliphatic rings. The zero-order valence-electron chi connectivity index (χ0n) is 15.9. The fourth-order valence-electron chi connectivity index (χ4n) is 3.04. The number of piperazine rings is 1. The van der Waals surface area contributed by atoms with Crippen LogP contribution in [0.3, 0.4) is 0 Å². The Labute approximate surface area is 170 Å².